The lowest BCUT2D eigenvalue weighted by Crippen LogP contribution is -2.21. The SMILES string of the molecule is COc1cc2nc(=S)n3c(c2cc1OC)NC(=O)C3C(C)C. The quantitative estimate of drug-likeness (QED) is 0.881. The molecular formula is C15H17N3O3S. The van der Waals surface area contributed by atoms with Crippen LogP contribution < -0.4 is 14.8 Å². The highest BCUT2D eigenvalue weighted by atomic mass is 32.1. The van der Waals surface area contributed by atoms with Crippen molar-refractivity contribution in [3.05, 3.63) is 16.9 Å². The Labute approximate surface area is 133 Å². The first-order chi connectivity index (χ1) is 10.5. The Morgan fingerprint density at radius 3 is 2.50 bits per heavy atom. The van der Waals surface area contributed by atoms with Crippen molar-refractivity contribution in [2.45, 2.75) is 19.9 Å². The molecule has 0 bridgehead atoms. The number of hydrogen-bond acceptors (Lipinski definition) is 5. The molecule has 0 spiro atoms. The molecule has 22 heavy (non-hydrogen) atoms. The van der Waals surface area contributed by atoms with Crippen molar-refractivity contribution in [3.8, 4) is 11.5 Å². The minimum atomic E-state index is -0.340. The van der Waals surface area contributed by atoms with Crippen LogP contribution in [0.4, 0.5) is 5.82 Å². The van der Waals surface area contributed by atoms with Crippen molar-refractivity contribution in [3.63, 3.8) is 0 Å². The molecule has 1 aliphatic rings. The molecule has 0 fully saturated rings. The van der Waals surface area contributed by atoms with Gasteiger partial charge in [0.05, 0.1) is 19.7 Å². The number of carbonyl (C=O) groups is 1. The van der Waals surface area contributed by atoms with Crippen molar-refractivity contribution < 1.29 is 14.3 Å². The number of ether oxygens (including phenoxy) is 2. The van der Waals surface area contributed by atoms with Gasteiger partial charge in [-0.2, -0.15) is 0 Å². The largest absolute Gasteiger partial charge is 0.493 e. The van der Waals surface area contributed by atoms with E-state index in [9.17, 15) is 4.79 Å². The van der Waals surface area contributed by atoms with Crippen molar-refractivity contribution in [1.82, 2.24) is 9.55 Å². The molecule has 2 aromatic rings. The molecular weight excluding hydrogens is 302 g/mol. The smallest absolute Gasteiger partial charge is 0.248 e. The highest BCUT2D eigenvalue weighted by Crippen LogP contribution is 2.39. The van der Waals surface area contributed by atoms with Crippen LogP contribution >= 0.6 is 12.2 Å². The molecule has 0 saturated carbocycles. The van der Waals surface area contributed by atoms with Crippen LogP contribution in [0.15, 0.2) is 12.1 Å². The predicted octanol–water partition coefficient (Wildman–Crippen LogP) is 2.93. The lowest BCUT2D eigenvalue weighted by atomic mass is 10.0. The van der Waals surface area contributed by atoms with Gasteiger partial charge >= 0.3 is 0 Å². The molecule has 2 heterocycles. The van der Waals surface area contributed by atoms with Gasteiger partial charge < -0.3 is 14.8 Å². The number of aromatic nitrogens is 2. The van der Waals surface area contributed by atoms with Crippen molar-refractivity contribution >= 4 is 34.8 Å². The summed E-state index contributed by atoms with van der Waals surface area (Å²) in [7, 11) is 3.14. The molecule has 1 atom stereocenters. The second-order valence-electron chi connectivity index (χ2n) is 5.52. The molecule has 1 amide bonds. The topological polar surface area (TPSA) is 65.4 Å². The Hall–Kier alpha value is -2.15. The second-order valence-corrected chi connectivity index (χ2v) is 5.88. The average molecular weight is 319 g/mol. The summed E-state index contributed by atoms with van der Waals surface area (Å²) in [6.45, 7) is 3.97. The maximum absolute atomic E-state index is 12.3. The number of amides is 1. The number of anilines is 1. The van der Waals surface area contributed by atoms with Gasteiger partial charge in [-0.05, 0) is 24.2 Å². The van der Waals surface area contributed by atoms with E-state index >= 15 is 0 Å². The number of carbonyl (C=O) groups excluding carboxylic acids is 1. The number of hydrogen-bond donors (Lipinski definition) is 1. The fourth-order valence-electron chi connectivity index (χ4n) is 2.83. The summed E-state index contributed by atoms with van der Waals surface area (Å²) in [5, 5.41) is 3.70. The minimum absolute atomic E-state index is 0.0646. The molecule has 0 saturated heterocycles. The summed E-state index contributed by atoms with van der Waals surface area (Å²) in [4.78, 5) is 16.7. The Balaban J connectivity index is 2.35. The number of fused-ring (bicyclic) bond motifs is 3. The van der Waals surface area contributed by atoms with E-state index in [1.54, 1.807) is 24.9 Å². The number of nitrogens with one attached hydrogen (secondary N) is 1. The molecule has 1 N–H and O–H groups in total. The molecule has 7 heteroatoms. The Kier molecular flexibility index (Phi) is 3.52. The Morgan fingerprint density at radius 2 is 1.91 bits per heavy atom. The number of methoxy groups -OCH3 is 2. The molecule has 0 aliphatic carbocycles. The molecule has 1 aliphatic heterocycles. The van der Waals surface area contributed by atoms with Crippen LogP contribution in [0.3, 0.4) is 0 Å². The summed E-state index contributed by atoms with van der Waals surface area (Å²) in [6.07, 6.45) is 0. The van der Waals surface area contributed by atoms with Crippen molar-refractivity contribution in [2.75, 3.05) is 19.5 Å². The van der Waals surface area contributed by atoms with Gasteiger partial charge in [0, 0.05) is 11.5 Å². The number of benzene rings is 1. The zero-order valence-electron chi connectivity index (χ0n) is 12.8. The van der Waals surface area contributed by atoms with E-state index in [2.05, 4.69) is 10.3 Å². The maximum atomic E-state index is 12.3. The van der Waals surface area contributed by atoms with Crippen LogP contribution in [0.5, 0.6) is 11.5 Å². The normalized spacial score (nSPS) is 16.8. The molecule has 1 unspecified atom stereocenters. The van der Waals surface area contributed by atoms with Crippen LogP contribution in [0.1, 0.15) is 19.9 Å². The van der Waals surface area contributed by atoms with Gasteiger partial charge in [-0.25, -0.2) is 4.98 Å². The summed E-state index contributed by atoms with van der Waals surface area (Å²) in [5.41, 5.74) is 0.665. The van der Waals surface area contributed by atoms with Crippen LogP contribution in [-0.4, -0.2) is 29.7 Å². The van der Waals surface area contributed by atoms with Gasteiger partial charge in [0.15, 0.2) is 11.5 Å². The van der Waals surface area contributed by atoms with E-state index in [0.29, 0.717) is 27.6 Å². The van der Waals surface area contributed by atoms with E-state index in [1.165, 1.54) is 0 Å². The third-order valence-electron chi connectivity index (χ3n) is 3.84. The summed E-state index contributed by atoms with van der Waals surface area (Å²) in [6, 6.07) is 3.23. The molecule has 3 rings (SSSR count). The monoisotopic (exact) mass is 319 g/mol. The minimum Gasteiger partial charge on any atom is -0.493 e. The molecule has 6 nitrogen and oxygen atoms in total. The third kappa shape index (κ3) is 2.04. The maximum Gasteiger partial charge on any atom is 0.248 e. The van der Waals surface area contributed by atoms with Gasteiger partial charge in [0.1, 0.15) is 11.9 Å². The summed E-state index contributed by atoms with van der Waals surface area (Å²) >= 11 is 5.38. The van der Waals surface area contributed by atoms with Gasteiger partial charge in [-0.3, -0.25) is 9.36 Å². The summed E-state index contributed by atoms with van der Waals surface area (Å²) < 4.78 is 12.8. The molecule has 0 radical (unpaired) electrons. The highest BCUT2D eigenvalue weighted by Gasteiger charge is 2.34. The lowest BCUT2D eigenvalue weighted by Gasteiger charge is -2.16. The number of nitrogens with zero attached hydrogens (tertiary/aromatic N) is 2. The molecule has 1 aromatic heterocycles. The zero-order chi connectivity index (χ0) is 16.0. The highest BCUT2D eigenvalue weighted by molar-refractivity contribution is 7.71. The lowest BCUT2D eigenvalue weighted by molar-refractivity contribution is -0.119. The Morgan fingerprint density at radius 1 is 1.27 bits per heavy atom. The predicted molar refractivity (Wildman–Crippen MR) is 86.2 cm³/mol. The van der Waals surface area contributed by atoms with Crippen molar-refractivity contribution in [2.24, 2.45) is 5.92 Å². The standard InChI is InChI=1S/C15H17N3O3S/c1-7(2)12-14(19)17-13-8-5-10(20-3)11(21-4)6-9(8)16-15(22)18(12)13/h5-7,12H,1-4H3,(H,17,19). The zero-order valence-corrected chi connectivity index (χ0v) is 13.7. The van der Waals surface area contributed by atoms with Crippen LogP contribution in [-0.2, 0) is 4.79 Å². The summed E-state index contributed by atoms with van der Waals surface area (Å²) in [5.74, 6) is 1.88. The first kappa shape index (κ1) is 14.8. The van der Waals surface area contributed by atoms with Crippen LogP contribution in [0.2, 0.25) is 0 Å². The van der Waals surface area contributed by atoms with Crippen LogP contribution in [0.25, 0.3) is 10.9 Å². The van der Waals surface area contributed by atoms with Crippen LogP contribution in [0, 0.1) is 10.7 Å². The average Bonchev–Trinajstić information content (AvgIpc) is 2.84. The fourth-order valence-corrected chi connectivity index (χ4v) is 3.13. The van der Waals surface area contributed by atoms with Gasteiger partial charge in [0.2, 0.25) is 10.7 Å². The van der Waals surface area contributed by atoms with Gasteiger partial charge in [0.25, 0.3) is 0 Å². The van der Waals surface area contributed by atoms with E-state index < -0.39 is 0 Å². The molecule has 116 valence electrons. The fraction of sp³-hybridized carbons (Fsp3) is 0.400. The third-order valence-corrected chi connectivity index (χ3v) is 4.13. The van der Waals surface area contributed by atoms with Crippen molar-refractivity contribution in [1.29, 1.82) is 0 Å². The van der Waals surface area contributed by atoms with Gasteiger partial charge in [-0.15, -0.1) is 0 Å². The second kappa shape index (κ2) is 5.24. The van der Waals surface area contributed by atoms with E-state index in [0.717, 1.165) is 5.39 Å². The van der Waals surface area contributed by atoms with E-state index in [4.69, 9.17) is 21.7 Å². The van der Waals surface area contributed by atoms with E-state index in [1.807, 2.05) is 19.9 Å². The Bertz CT molecular complexity index is 829. The first-order valence-corrected chi connectivity index (χ1v) is 7.38. The number of rotatable bonds is 3. The van der Waals surface area contributed by atoms with E-state index in [-0.39, 0.29) is 17.9 Å². The van der Waals surface area contributed by atoms with Gasteiger partial charge in [-0.1, -0.05) is 13.8 Å². The first-order valence-electron chi connectivity index (χ1n) is 6.97. The molecule has 1 aromatic carbocycles.